The molecular formula is C10H12N4O2S. The monoisotopic (exact) mass is 252 g/mol. The van der Waals surface area contributed by atoms with E-state index >= 15 is 0 Å². The molecule has 0 bridgehead atoms. The number of aromatic nitrogens is 1. The maximum absolute atomic E-state index is 11.5. The zero-order valence-electron chi connectivity index (χ0n) is 9.27. The highest BCUT2D eigenvalue weighted by Gasteiger charge is 2.07. The van der Waals surface area contributed by atoms with Crippen molar-refractivity contribution in [3.05, 3.63) is 23.3 Å². The summed E-state index contributed by atoms with van der Waals surface area (Å²) in [6.07, 6.45) is 2.96. The number of carbonyl (C=O) groups excluding carboxylic acids is 1. The Bertz CT molecular complexity index is 422. The number of rotatable bonds is 6. The quantitative estimate of drug-likeness (QED) is 0.442. The average Bonchev–Trinajstić information content (AvgIpc) is 2.83. The van der Waals surface area contributed by atoms with E-state index in [1.54, 1.807) is 11.6 Å². The molecule has 0 aliphatic heterocycles. The predicted octanol–water partition coefficient (Wildman–Crippen LogP) is 0.725. The molecule has 0 aliphatic rings. The lowest BCUT2D eigenvalue weighted by Crippen LogP contribution is -2.28. The van der Waals surface area contributed by atoms with Crippen molar-refractivity contribution in [2.45, 2.75) is 0 Å². The first-order valence-electron chi connectivity index (χ1n) is 4.81. The molecule has 90 valence electrons. The molecule has 1 aromatic heterocycles. The minimum Gasteiger partial charge on any atom is -0.383 e. The molecular weight excluding hydrogens is 240 g/mol. The van der Waals surface area contributed by atoms with Crippen molar-refractivity contribution in [2.24, 2.45) is 0 Å². The molecule has 0 atom stereocenters. The van der Waals surface area contributed by atoms with E-state index in [9.17, 15) is 4.79 Å². The van der Waals surface area contributed by atoms with Gasteiger partial charge in [-0.05, 0) is 0 Å². The summed E-state index contributed by atoms with van der Waals surface area (Å²) in [5.41, 5.74) is -0.00342. The first kappa shape index (κ1) is 13.2. The van der Waals surface area contributed by atoms with Crippen LogP contribution >= 0.6 is 11.3 Å². The molecule has 1 heterocycles. The highest BCUT2D eigenvalue weighted by molar-refractivity contribution is 7.13. The standard InChI is InChI=1S/C10H12N4O2S/c1-16-4-2-12-9(15)8(6-11)7-14-10-13-3-5-17-10/h3,5,7H,2,4H2,1H3,(H,12,15)(H,13,14)/b8-7-. The van der Waals surface area contributed by atoms with Gasteiger partial charge >= 0.3 is 0 Å². The minimum absolute atomic E-state index is 0.00342. The number of hydrogen-bond acceptors (Lipinski definition) is 6. The number of anilines is 1. The summed E-state index contributed by atoms with van der Waals surface area (Å²) in [6, 6.07) is 1.81. The zero-order chi connectivity index (χ0) is 12.5. The van der Waals surface area contributed by atoms with Crippen molar-refractivity contribution < 1.29 is 9.53 Å². The van der Waals surface area contributed by atoms with Crippen LogP contribution in [-0.4, -0.2) is 31.2 Å². The maximum atomic E-state index is 11.5. The fourth-order valence-corrected chi connectivity index (χ4v) is 1.44. The van der Waals surface area contributed by atoms with Gasteiger partial charge in [0.1, 0.15) is 11.6 Å². The lowest BCUT2D eigenvalue weighted by molar-refractivity contribution is -0.117. The first-order chi connectivity index (χ1) is 8.27. The second kappa shape index (κ2) is 7.38. The van der Waals surface area contributed by atoms with Gasteiger partial charge in [0, 0.05) is 31.4 Å². The highest BCUT2D eigenvalue weighted by atomic mass is 32.1. The molecule has 6 nitrogen and oxygen atoms in total. The van der Waals surface area contributed by atoms with Crippen LogP contribution in [0.4, 0.5) is 5.13 Å². The number of amides is 1. The Morgan fingerprint density at radius 3 is 3.18 bits per heavy atom. The summed E-state index contributed by atoms with van der Waals surface area (Å²) in [5, 5.41) is 16.6. The topological polar surface area (TPSA) is 87.0 Å². The summed E-state index contributed by atoms with van der Waals surface area (Å²) in [6.45, 7) is 0.774. The number of nitrogens with zero attached hydrogens (tertiary/aromatic N) is 2. The number of ether oxygens (including phenoxy) is 1. The molecule has 0 aromatic carbocycles. The van der Waals surface area contributed by atoms with Crippen LogP contribution in [0.15, 0.2) is 23.3 Å². The normalized spacial score (nSPS) is 10.7. The second-order valence-electron chi connectivity index (χ2n) is 2.90. The molecule has 1 amide bonds. The molecule has 0 unspecified atom stereocenters. The van der Waals surface area contributed by atoms with Gasteiger partial charge in [0.05, 0.1) is 6.61 Å². The largest absolute Gasteiger partial charge is 0.383 e. The van der Waals surface area contributed by atoms with Crippen LogP contribution in [0.3, 0.4) is 0 Å². The van der Waals surface area contributed by atoms with Gasteiger partial charge in [-0.25, -0.2) is 4.98 Å². The van der Waals surface area contributed by atoms with Crippen LogP contribution in [0.25, 0.3) is 0 Å². The van der Waals surface area contributed by atoms with Gasteiger partial charge in [0.15, 0.2) is 5.13 Å². The van der Waals surface area contributed by atoms with Gasteiger partial charge in [-0.3, -0.25) is 4.79 Å². The molecule has 17 heavy (non-hydrogen) atoms. The fraction of sp³-hybridized carbons (Fsp3) is 0.300. The Morgan fingerprint density at radius 2 is 2.59 bits per heavy atom. The number of nitriles is 1. The molecule has 1 aromatic rings. The summed E-state index contributed by atoms with van der Waals surface area (Å²) >= 11 is 1.38. The van der Waals surface area contributed by atoms with Crippen molar-refractivity contribution >= 4 is 22.4 Å². The van der Waals surface area contributed by atoms with Crippen LogP contribution < -0.4 is 10.6 Å². The molecule has 0 spiro atoms. The number of methoxy groups -OCH3 is 1. The lowest BCUT2D eigenvalue weighted by Gasteiger charge is -2.02. The molecule has 0 saturated heterocycles. The zero-order valence-corrected chi connectivity index (χ0v) is 10.1. The number of hydrogen-bond donors (Lipinski definition) is 2. The van der Waals surface area contributed by atoms with Gasteiger partial charge in [-0.2, -0.15) is 5.26 Å². The molecule has 0 fully saturated rings. The third-order valence-corrected chi connectivity index (χ3v) is 2.43. The number of carbonyl (C=O) groups is 1. The van der Waals surface area contributed by atoms with E-state index in [2.05, 4.69) is 15.6 Å². The van der Waals surface area contributed by atoms with Crippen molar-refractivity contribution in [1.29, 1.82) is 5.26 Å². The summed E-state index contributed by atoms with van der Waals surface area (Å²) < 4.78 is 4.78. The van der Waals surface area contributed by atoms with Gasteiger partial charge < -0.3 is 15.4 Å². The molecule has 1 rings (SSSR count). The SMILES string of the molecule is COCCNC(=O)/C(C#N)=C\Nc1nccs1. The Kier molecular flexibility index (Phi) is 5.71. The van der Waals surface area contributed by atoms with Crippen LogP contribution in [0.5, 0.6) is 0 Å². The van der Waals surface area contributed by atoms with Crippen molar-refractivity contribution in [1.82, 2.24) is 10.3 Å². The van der Waals surface area contributed by atoms with E-state index in [1.807, 2.05) is 6.07 Å². The van der Waals surface area contributed by atoms with Gasteiger partial charge in [-0.1, -0.05) is 0 Å². The number of nitrogens with one attached hydrogen (secondary N) is 2. The van der Waals surface area contributed by atoms with E-state index in [4.69, 9.17) is 10.00 Å². The Balaban J connectivity index is 2.49. The Labute approximate surface area is 103 Å². The highest BCUT2D eigenvalue weighted by Crippen LogP contribution is 2.10. The third-order valence-electron chi connectivity index (χ3n) is 1.73. The third kappa shape index (κ3) is 4.63. The van der Waals surface area contributed by atoms with Crippen molar-refractivity contribution in [3.8, 4) is 6.07 Å². The van der Waals surface area contributed by atoms with Crippen LogP contribution in [0, 0.1) is 11.3 Å². The van der Waals surface area contributed by atoms with Crippen molar-refractivity contribution in [2.75, 3.05) is 25.6 Å². The first-order valence-corrected chi connectivity index (χ1v) is 5.69. The molecule has 7 heteroatoms. The lowest BCUT2D eigenvalue weighted by atomic mass is 10.3. The van der Waals surface area contributed by atoms with Gasteiger partial charge in [-0.15, -0.1) is 11.3 Å². The van der Waals surface area contributed by atoms with E-state index < -0.39 is 5.91 Å². The van der Waals surface area contributed by atoms with E-state index in [0.29, 0.717) is 18.3 Å². The smallest absolute Gasteiger partial charge is 0.263 e. The fourth-order valence-electron chi connectivity index (χ4n) is 0.939. The van der Waals surface area contributed by atoms with E-state index in [0.717, 1.165) is 0 Å². The second-order valence-corrected chi connectivity index (χ2v) is 3.79. The molecule has 0 aliphatic carbocycles. The Morgan fingerprint density at radius 1 is 1.76 bits per heavy atom. The molecule has 2 N–H and O–H groups in total. The van der Waals surface area contributed by atoms with Crippen LogP contribution in [-0.2, 0) is 9.53 Å². The Hall–Kier alpha value is -1.91. The number of thiazole rings is 1. The van der Waals surface area contributed by atoms with Crippen LogP contribution in [0.1, 0.15) is 0 Å². The summed E-state index contributed by atoms with van der Waals surface area (Å²) in [4.78, 5) is 15.5. The minimum atomic E-state index is -0.436. The molecule has 0 radical (unpaired) electrons. The van der Waals surface area contributed by atoms with E-state index in [1.165, 1.54) is 24.6 Å². The van der Waals surface area contributed by atoms with Crippen molar-refractivity contribution in [3.63, 3.8) is 0 Å². The molecule has 0 saturated carbocycles. The van der Waals surface area contributed by atoms with Crippen LogP contribution in [0.2, 0.25) is 0 Å². The van der Waals surface area contributed by atoms with Gasteiger partial charge in [0.2, 0.25) is 0 Å². The summed E-state index contributed by atoms with van der Waals surface area (Å²) in [5.74, 6) is -0.436. The maximum Gasteiger partial charge on any atom is 0.263 e. The predicted molar refractivity (Wildman–Crippen MR) is 64.3 cm³/mol. The average molecular weight is 252 g/mol. The summed E-state index contributed by atoms with van der Waals surface area (Å²) in [7, 11) is 1.54. The van der Waals surface area contributed by atoms with E-state index in [-0.39, 0.29) is 5.57 Å². The van der Waals surface area contributed by atoms with Gasteiger partial charge in [0.25, 0.3) is 5.91 Å².